The maximum Gasteiger partial charge on any atom is 0.255 e. The molecule has 178 valence electrons. The fourth-order valence-corrected chi connectivity index (χ4v) is 4.28. The van der Waals surface area contributed by atoms with Crippen molar-refractivity contribution in [1.82, 2.24) is 30.2 Å². The van der Waals surface area contributed by atoms with E-state index < -0.39 is 5.82 Å². The van der Waals surface area contributed by atoms with E-state index in [0.717, 1.165) is 38.5 Å². The van der Waals surface area contributed by atoms with Crippen molar-refractivity contribution in [3.8, 4) is 0 Å². The molecule has 0 bridgehead atoms. The Bertz CT molecular complexity index is 1220. The SMILES string of the molecule is CNC(=O)[C@H]1CC[C@H](NC(=O)c2cnc(Nc3nc4ccnn4cc3F)cc2NC2CC2)CC1. The van der Waals surface area contributed by atoms with Gasteiger partial charge in [0.2, 0.25) is 5.91 Å². The molecule has 34 heavy (non-hydrogen) atoms. The number of halogens is 1. The Morgan fingerprint density at radius 1 is 1.12 bits per heavy atom. The highest BCUT2D eigenvalue weighted by molar-refractivity contribution is 6.00. The average molecular weight is 467 g/mol. The highest BCUT2D eigenvalue weighted by Crippen LogP contribution is 2.30. The van der Waals surface area contributed by atoms with E-state index in [1.165, 1.54) is 16.9 Å². The van der Waals surface area contributed by atoms with Gasteiger partial charge in [-0.25, -0.2) is 18.9 Å². The van der Waals surface area contributed by atoms with E-state index in [-0.39, 0.29) is 29.6 Å². The molecule has 0 radical (unpaired) electrons. The van der Waals surface area contributed by atoms with E-state index in [2.05, 4.69) is 36.3 Å². The Morgan fingerprint density at radius 3 is 2.62 bits per heavy atom. The third-order valence-corrected chi connectivity index (χ3v) is 6.35. The van der Waals surface area contributed by atoms with Crippen molar-refractivity contribution in [2.45, 2.75) is 50.6 Å². The van der Waals surface area contributed by atoms with Gasteiger partial charge in [-0.15, -0.1) is 0 Å². The lowest BCUT2D eigenvalue weighted by molar-refractivity contribution is -0.125. The molecule has 3 aromatic rings. The number of carbonyl (C=O) groups is 2. The minimum absolute atomic E-state index is 0.00746. The van der Waals surface area contributed by atoms with Gasteiger partial charge in [0, 0.05) is 43.4 Å². The molecule has 2 aliphatic rings. The second-order valence-corrected chi connectivity index (χ2v) is 8.87. The first-order valence-corrected chi connectivity index (χ1v) is 11.6. The first kappa shape index (κ1) is 22.1. The van der Waals surface area contributed by atoms with Crippen molar-refractivity contribution < 1.29 is 14.0 Å². The number of hydrogen-bond donors (Lipinski definition) is 4. The van der Waals surface area contributed by atoms with Gasteiger partial charge in [-0.05, 0) is 38.5 Å². The van der Waals surface area contributed by atoms with Gasteiger partial charge in [-0.1, -0.05) is 0 Å². The minimum atomic E-state index is -0.566. The predicted octanol–water partition coefficient (Wildman–Crippen LogP) is 2.62. The molecule has 0 saturated heterocycles. The third-order valence-electron chi connectivity index (χ3n) is 6.35. The van der Waals surface area contributed by atoms with Crippen molar-refractivity contribution in [2.24, 2.45) is 5.92 Å². The molecular weight excluding hydrogens is 439 g/mol. The first-order valence-electron chi connectivity index (χ1n) is 11.6. The summed E-state index contributed by atoms with van der Waals surface area (Å²) in [7, 11) is 1.65. The number of hydrogen-bond acceptors (Lipinski definition) is 7. The number of amides is 2. The van der Waals surface area contributed by atoms with Crippen LogP contribution < -0.4 is 21.3 Å². The fraction of sp³-hybridized carbons (Fsp3) is 0.435. The lowest BCUT2D eigenvalue weighted by atomic mass is 9.85. The van der Waals surface area contributed by atoms with E-state index in [0.29, 0.717) is 28.8 Å². The molecule has 11 heteroatoms. The summed E-state index contributed by atoms with van der Waals surface area (Å²) >= 11 is 0. The van der Waals surface area contributed by atoms with Crippen LogP contribution in [0.2, 0.25) is 0 Å². The molecule has 0 unspecified atom stereocenters. The zero-order chi connectivity index (χ0) is 23.7. The molecule has 4 N–H and O–H groups in total. The standard InChI is InChI=1S/C23H27FN8O2/c1-25-22(33)13-2-4-15(5-3-13)29-23(34)16-11-26-19(10-18(16)28-14-6-7-14)30-21-17(24)12-32-20(31-21)8-9-27-32/h8-15H,2-7H2,1H3,(H,25,33)(H,29,34)(H2,26,28,30,31)/t13-,15-. The molecule has 2 fully saturated rings. The van der Waals surface area contributed by atoms with Crippen LogP contribution in [0, 0.1) is 11.7 Å². The summed E-state index contributed by atoms with van der Waals surface area (Å²) < 4.78 is 15.8. The predicted molar refractivity (Wildman–Crippen MR) is 124 cm³/mol. The first-order chi connectivity index (χ1) is 16.5. The molecule has 0 aromatic carbocycles. The number of rotatable bonds is 7. The molecule has 2 saturated carbocycles. The van der Waals surface area contributed by atoms with Gasteiger partial charge in [0.15, 0.2) is 17.3 Å². The summed E-state index contributed by atoms with van der Waals surface area (Å²) in [6, 6.07) is 3.70. The monoisotopic (exact) mass is 466 g/mol. The van der Waals surface area contributed by atoms with Crippen LogP contribution in [-0.2, 0) is 4.79 Å². The van der Waals surface area contributed by atoms with Gasteiger partial charge in [-0.2, -0.15) is 5.10 Å². The van der Waals surface area contributed by atoms with Crippen LogP contribution in [-0.4, -0.2) is 50.5 Å². The number of fused-ring (bicyclic) bond motifs is 1. The van der Waals surface area contributed by atoms with Crippen LogP contribution in [0.25, 0.3) is 5.65 Å². The number of nitrogens with zero attached hydrogens (tertiary/aromatic N) is 4. The average Bonchev–Trinajstić information content (AvgIpc) is 3.54. The van der Waals surface area contributed by atoms with Crippen LogP contribution in [0.15, 0.2) is 30.7 Å². The lowest BCUT2D eigenvalue weighted by Crippen LogP contribution is -2.40. The van der Waals surface area contributed by atoms with E-state index in [9.17, 15) is 14.0 Å². The summed E-state index contributed by atoms with van der Waals surface area (Å²) in [5.41, 5.74) is 1.58. The van der Waals surface area contributed by atoms with Crippen molar-refractivity contribution in [3.05, 3.63) is 42.1 Å². The van der Waals surface area contributed by atoms with E-state index in [4.69, 9.17) is 0 Å². The zero-order valence-corrected chi connectivity index (χ0v) is 18.8. The number of carbonyl (C=O) groups excluding carboxylic acids is 2. The molecule has 2 amide bonds. The van der Waals surface area contributed by atoms with Crippen molar-refractivity contribution in [2.75, 3.05) is 17.7 Å². The third kappa shape index (κ3) is 4.78. The molecule has 10 nitrogen and oxygen atoms in total. The van der Waals surface area contributed by atoms with E-state index in [1.54, 1.807) is 25.4 Å². The highest BCUT2D eigenvalue weighted by atomic mass is 19.1. The Balaban J connectivity index is 1.31. The van der Waals surface area contributed by atoms with Crippen molar-refractivity contribution >= 4 is 34.8 Å². The number of aromatic nitrogens is 4. The van der Waals surface area contributed by atoms with Gasteiger partial charge in [0.25, 0.3) is 5.91 Å². The van der Waals surface area contributed by atoms with Crippen LogP contribution >= 0.6 is 0 Å². The maximum absolute atomic E-state index is 14.5. The van der Waals surface area contributed by atoms with Gasteiger partial charge in [0.05, 0.1) is 23.6 Å². The molecule has 3 aromatic heterocycles. The number of anilines is 3. The quantitative estimate of drug-likeness (QED) is 0.422. The van der Waals surface area contributed by atoms with Gasteiger partial charge in [0.1, 0.15) is 5.82 Å². The second-order valence-electron chi connectivity index (χ2n) is 8.87. The molecule has 0 atom stereocenters. The van der Waals surface area contributed by atoms with Crippen LogP contribution in [0.1, 0.15) is 48.9 Å². The topological polar surface area (TPSA) is 125 Å². The summed E-state index contributed by atoms with van der Waals surface area (Å²) in [6.07, 6.45) is 9.35. The van der Waals surface area contributed by atoms with E-state index in [1.807, 2.05) is 0 Å². The van der Waals surface area contributed by atoms with Crippen molar-refractivity contribution in [3.63, 3.8) is 0 Å². The second kappa shape index (κ2) is 9.24. The fourth-order valence-electron chi connectivity index (χ4n) is 4.28. The van der Waals surface area contributed by atoms with Gasteiger partial charge < -0.3 is 21.3 Å². The van der Waals surface area contributed by atoms with Gasteiger partial charge >= 0.3 is 0 Å². The van der Waals surface area contributed by atoms with Crippen molar-refractivity contribution in [1.29, 1.82) is 0 Å². The molecule has 0 spiro atoms. The van der Waals surface area contributed by atoms with E-state index >= 15 is 0 Å². The molecule has 3 heterocycles. The Kier molecular flexibility index (Phi) is 5.99. The summed E-state index contributed by atoms with van der Waals surface area (Å²) in [6.45, 7) is 0. The van der Waals surface area contributed by atoms with Crippen LogP contribution in [0.4, 0.5) is 21.7 Å². The van der Waals surface area contributed by atoms with Gasteiger partial charge in [-0.3, -0.25) is 9.59 Å². The molecular formula is C23H27FN8O2. The minimum Gasteiger partial charge on any atom is -0.382 e. The molecule has 2 aliphatic carbocycles. The smallest absolute Gasteiger partial charge is 0.255 e. The molecule has 0 aliphatic heterocycles. The number of pyridine rings is 1. The largest absolute Gasteiger partial charge is 0.382 e. The van der Waals surface area contributed by atoms with Crippen LogP contribution in [0.3, 0.4) is 0 Å². The zero-order valence-electron chi connectivity index (χ0n) is 18.8. The van der Waals surface area contributed by atoms with Crippen LogP contribution in [0.5, 0.6) is 0 Å². The maximum atomic E-state index is 14.5. The summed E-state index contributed by atoms with van der Waals surface area (Å²) in [4.78, 5) is 33.5. The highest BCUT2D eigenvalue weighted by Gasteiger charge is 2.28. The lowest BCUT2D eigenvalue weighted by Gasteiger charge is -2.28. The summed E-state index contributed by atoms with van der Waals surface area (Å²) in [5.74, 6) is -0.303. The normalized spacial score (nSPS) is 20.1. The summed E-state index contributed by atoms with van der Waals surface area (Å²) in [5, 5.41) is 16.0. The Labute approximate surface area is 195 Å². The number of nitrogens with one attached hydrogen (secondary N) is 4. The Morgan fingerprint density at radius 2 is 1.88 bits per heavy atom. The molecule has 5 rings (SSSR count). The Hall–Kier alpha value is -3.76.